The van der Waals surface area contributed by atoms with Gasteiger partial charge in [0.05, 0.1) is 26.0 Å². The van der Waals surface area contributed by atoms with Gasteiger partial charge in [-0.05, 0) is 31.0 Å². The number of carbonyl (C=O) groups excluding carboxylic acids is 1. The fraction of sp³-hybridized carbons (Fsp3) is 0.318. The van der Waals surface area contributed by atoms with Crippen LogP contribution in [0.3, 0.4) is 0 Å². The lowest BCUT2D eigenvalue weighted by atomic mass is 10.0. The van der Waals surface area contributed by atoms with Crippen molar-refractivity contribution in [3.8, 4) is 22.9 Å². The number of hydrogen-bond acceptors (Lipinski definition) is 6. The van der Waals surface area contributed by atoms with Gasteiger partial charge in [-0.1, -0.05) is 42.1 Å². The monoisotopic (exact) mass is 424 g/mol. The average molecular weight is 425 g/mol. The van der Waals surface area contributed by atoms with Gasteiger partial charge in [0.15, 0.2) is 5.82 Å². The Kier molecular flexibility index (Phi) is 6.23. The van der Waals surface area contributed by atoms with E-state index in [1.165, 1.54) is 11.8 Å². The number of aromatic nitrogens is 3. The molecule has 1 atom stereocenters. The summed E-state index contributed by atoms with van der Waals surface area (Å²) in [7, 11) is 3.29. The van der Waals surface area contributed by atoms with E-state index < -0.39 is 0 Å². The molecule has 0 radical (unpaired) electrons. The van der Waals surface area contributed by atoms with Crippen molar-refractivity contribution in [3.63, 3.8) is 0 Å². The molecule has 156 valence electrons. The number of carbonyl (C=O) groups is 1. The zero-order chi connectivity index (χ0) is 20.9. The molecule has 1 unspecified atom stereocenters. The number of nitrogens with one attached hydrogen (secondary N) is 1. The minimum atomic E-state index is -0.0184. The van der Waals surface area contributed by atoms with Gasteiger partial charge >= 0.3 is 0 Å². The molecule has 8 heteroatoms. The van der Waals surface area contributed by atoms with E-state index in [0.717, 1.165) is 42.0 Å². The minimum Gasteiger partial charge on any atom is -0.497 e. The lowest BCUT2D eigenvalue weighted by Crippen LogP contribution is -2.32. The number of rotatable bonds is 7. The second-order valence-corrected chi connectivity index (χ2v) is 7.92. The molecule has 3 aromatic rings. The van der Waals surface area contributed by atoms with E-state index in [2.05, 4.69) is 15.2 Å². The summed E-state index contributed by atoms with van der Waals surface area (Å²) in [5, 5.41) is 7.74. The second kappa shape index (κ2) is 9.21. The lowest BCUT2D eigenvalue weighted by Gasteiger charge is -2.26. The van der Waals surface area contributed by atoms with Crippen molar-refractivity contribution in [3.05, 3.63) is 54.1 Å². The Balaban J connectivity index is 1.44. The molecule has 1 N–H and O–H groups in total. The Bertz CT molecular complexity index is 1010. The minimum absolute atomic E-state index is 0.0184. The van der Waals surface area contributed by atoms with Gasteiger partial charge in [-0.25, -0.2) is 4.98 Å². The Morgan fingerprint density at radius 2 is 2.03 bits per heavy atom. The van der Waals surface area contributed by atoms with E-state index >= 15 is 0 Å². The molecule has 4 rings (SSSR count). The largest absolute Gasteiger partial charge is 0.497 e. The summed E-state index contributed by atoms with van der Waals surface area (Å²) < 4.78 is 10.9. The first kappa shape index (κ1) is 20.3. The number of benzene rings is 2. The highest BCUT2D eigenvalue weighted by Gasteiger charge is 2.32. The van der Waals surface area contributed by atoms with Gasteiger partial charge in [0, 0.05) is 17.7 Å². The zero-order valence-corrected chi connectivity index (χ0v) is 17.8. The van der Waals surface area contributed by atoms with E-state index in [-0.39, 0.29) is 17.7 Å². The van der Waals surface area contributed by atoms with Gasteiger partial charge < -0.3 is 14.4 Å². The van der Waals surface area contributed by atoms with E-state index in [0.29, 0.717) is 11.0 Å². The van der Waals surface area contributed by atoms with Crippen LogP contribution in [0.1, 0.15) is 24.4 Å². The molecule has 2 aromatic carbocycles. The third-order valence-electron chi connectivity index (χ3n) is 5.21. The number of ether oxygens (including phenoxy) is 2. The van der Waals surface area contributed by atoms with Crippen molar-refractivity contribution >= 4 is 17.7 Å². The van der Waals surface area contributed by atoms with Crippen LogP contribution >= 0.6 is 11.8 Å². The molecule has 30 heavy (non-hydrogen) atoms. The first-order chi connectivity index (χ1) is 14.7. The van der Waals surface area contributed by atoms with E-state index in [1.54, 1.807) is 14.2 Å². The number of methoxy groups -OCH3 is 2. The van der Waals surface area contributed by atoms with E-state index in [4.69, 9.17) is 9.47 Å². The summed E-state index contributed by atoms with van der Waals surface area (Å²) in [6.07, 6.45) is 1.86. The van der Waals surface area contributed by atoms with Crippen LogP contribution in [0.15, 0.2) is 53.7 Å². The van der Waals surface area contributed by atoms with Crippen LogP contribution in [0.5, 0.6) is 11.5 Å². The van der Waals surface area contributed by atoms with Crippen LogP contribution < -0.4 is 9.47 Å². The summed E-state index contributed by atoms with van der Waals surface area (Å²) in [5.41, 5.74) is 1.95. The summed E-state index contributed by atoms with van der Waals surface area (Å²) in [4.78, 5) is 19.4. The highest BCUT2D eigenvalue weighted by Crippen LogP contribution is 2.39. The Hall–Kier alpha value is -3.00. The highest BCUT2D eigenvalue weighted by atomic mass is 32.2. The molecule has 1 aliphatic heterocycles. The fourth-order valence-corrected chi connectivity index (χ4v) is 4.42. The summed E-state index contributed by atoms with van der Waals surface area (Å²) in [6, 6.07) is 15.5. The third-order valence-corrected chi connectivity index (χ3v) is 6.04. The number of H-pyrrole nitrogens is 1. The third kappa shape index (κ3) is 4.28. The molecule has 0 bridgehead atoms. The first-order valence-corrected chi connectivity index (χ1v) is 10.8. The number of nitrogens with zero attached hydrogens (tertiary/aromatic N) is 3. The molecule has 7 nitrogen and oxygen atoms in total. The lowest BCUT2D eigenvalue weighted by molar-refractivity contribution is -0.129. The molecule has 1 aromatic heterocycles. The van der Waals surface area contributed by atoms with Crippen LogP contribution in [-0.4, -0.2) is 52.5 Å². The molecule has 0 saturated carbocycles. The standard InChI is InChI=1S/C22H24N4O3S/c1-28-16-10-11-19(29-2)17(13-16)18-9-6-12-26(18)20(27)14-30-22-23-21(24-25-22)15-7-4-3-5-8-15/h3-5,7-8,10-11,13,18H,6,9,12,14H2,1-2H3,(H,23,24,25). The molecule has 0 aliphatic carbocycles. The molecule has 1 fully saturated rings. The number of aromatic amines is 1. The van der Waals surface area contributed by atoms with Crippen LogP contribution in [0.4, 0.5) is 0 Å². The van der Waals surface area contributed by atoms with Gasteiger partial charge in [-0.2, -0.15) is 0 Å². The maximum atomic E-state index is 13.0. The van der Waals surface area contributed by atoms with Crippen LogP contribution in [0.25, 0.3) is 11.4 Å². The van der Waals surface area contributed by atoms with Crippen molar-refractivity contribution in [1.29, 1.82) is 0 Å². The Morgan fingerprint density at radius 3 is 2.80 bits per heavy atom. The van der Waals surface area contributed by atoms with Crippen molar-refractivity contribution in [1.82, 2.24) is 20.1 Å². The van der Waals surface area contributed by atoms with E-state index in [1.807, 2.05) is 53.4 Å². The SMILES string of the molecule is COc1ccc(OC)c(C2CCCN2C(=O)CSc2n[nH]c(-c3ccccc3)n2)c1. The molecular formula is C22H24N4O3S. The summed E-state index contributed by atoms with van der Waals surface area (Å²) in [6.45, 7) is 0.730. The molecule has 2 heterocycles. The van der Waals surface area contributed by atoms with Gasteiger partial charge in [-0.15, -0.1) is 5.10 Å². The van der Waals surface area contributed by atoms with Crippen LogP contribution in [-0.2, 0) is 4.79 Å². The quantitative estimate of drug-likeness (QED) is 0.579. The van der Waals surface area contributed by atoms with Crippen molar-refractivity contribution in [2.45, 2.75) is 24.0 Å². The number of hydrogen-bond donors (Lipinski definition) is 1. The normalized spacial score (nSPS) is 15.9. The predicted molar refractivity (Wildman–Crippen MR) is 116 cm³/mol. The van der Waals surface area contributed by atoms with Crippen LogP contribution in [0.2, 0.25) is 0 Å². The molecular weight excluding hydrogens is 400 g/mol. The van der Waals surface area contributed by atoms with Gasteiger partial charge in [0.2, 0.25) is 11.1 Å². The maximum Gasteiger partial charge on any atom is 0.233 e. The summed E-state index contributed by atoms with van der Waals surface area (Å²) >= 11 is 1.35. The van der Waals surface area contributed by atoms with Crippen molar-refractivity contribution < 1.29 is 14.3 Å². The molecule has 1 aliphatic rings. The van der Waals surface area contributed by atoms with Gasteiger partial charge in [0.25, 0.3) is 0 Å². The van der Waals surface area contributed by atoms with Crippen molar-refractivity contribution in [2.24, 2.45) is 0 Å². The van der Waals surface area contributed by atoms with E-state index in [9.17, 15) is 4.79 Å². The fourth-order valence-electron chi connectivity index (χ4n) is 3.73. The average Bonchev–Trinajstić information content (AvgIpc) is 3.47. The first-order valence-electron chi connectivity index (χ1n) is 9.81. The van der Waals surface area contributed by atoms with Gasteiger partial charge in [0.1, 0.15) is 11.5 Å². The van der Waals surface area contributed by atoms with Gasteiger partial charge in [-0.3, -0.25) is 9.89 Å². The number of amides is 1. The zero-order valence-electron chi connectivity index (χ0n) is 17.0. The Morgan fingerprint density at radius 1 is 1.20 bits per heavy atom. The second-order valence-electron chi connectivity index (χ2n) is 6.97. The number of thioether (sulfide) groups is 1. The summed E-state index contributed by atoms with van der Waals surface area (Å²) in [5.74, 6) is 2.59. The Labute approximate surface area is 179 Å². The molecule has 1 amide bonds. The van der Waals surface area contributed by atoms with Crippen LogP contribution in [0, 0.1) is 0 Å². The smallest absolute Gasteiger partial charge is 0.233 e. The topological polar surface area (TPSA) is 80.3 Å². The number of likely N-dealkylation sites (tertiary alicyclic amines) is 1. The predicted octanol–water partition coefficient (Wildman–Crippen LogP) is 3.94. The molecule has 1 saturated heterocycles. The maximum absolute atomic E-state index is 13.0. The van der Waals surface area contributed by atoms with Crippen molar-refractivity contribution in [2.75, 3.05) is 26.5 Å². The molecule has 0 spiro atoms. The highest BCUT2D eigenvalue weighted by molar-refractivity contribution is 7.99.